The van der Waals surface area contributed by atoms with Crippen LogP contribution >= 0.6 is 11.6 Å². The third-order valence-corrected chi connectivity index (χ3v) is 3.67. The second kappa shape index (κ2) is 8.76. The average molecular weight is 340 g/mol. The van der Waals surface area contributed by atoms with Crippen molar-refractivity contribution in [2.75, 3.05) is 11.9 Å². The third kappa shape index (κ3) is 5.15. The fraction of sp³-hybridized carbons (Fsp3) is 0.158. The SMILES string of the molecule is CCN(/C=C(/C#N)C(=O)Nc1ccc(Cl)cc1)Cc1ccccc1. The molecule has 5 heteroatoms. The van der Waals surface area contributed by atoms with Crippen LogP contribution < -0.4 is 5.32 Å². The van der Waals surface area contributed by atoms with Crippen LogP contribution in [-0.4, -0.2) is 17.4 Å². The molecule has 2 rings (SSSR count). The van der Waals surface area contributed by atoms with E-state index in [9.17, 15) is 10.1 Å². The Bertz CT molecular complexity index is 748. The Morgan fingerprint density at radius 1 is 1.21 bits per heavy atom. The van der Waals surface area contributed by atoms with Gasteiger partial charge in [0, 0.05) is 30.0 Å². The predicted octanol–water partition coefficient (Wildman–Crippen LogP) is 4.21. The third-order valence-electron chi connectivity index (χ3n) is 3.41. The molecule has 0 fully saturated rings. The summed E-state index contributed by atoms with van der Waals surface area (Å²) in [7, 11) is 0. The molecular weight excluding hydrogens is 322 g/mol. The number of rotatable bonds is 6. The van der Waals surface area contributed by atoms with Gasteiger partial charge in [0.15, 0.2) is 0 Å². The van der Waals surface area contributed by atoms with Crippen LogP contribution in [0.15, 0.2) is 66.4 Å². The number of hydrogen-bond donors (Lipinski definition) is 1. The lowest BCUT2D eigenvalue weighted by atomic mass is 10.2. The van der Waals surface area contributed by atoms with E-state index in [1.807, 2.05) is 48.2 Å². The number of nitriles is 1. The first-order chi connectivity index (χ1) is 11.6. The van der Waals surface area contributed by atoms with Gasteiger partial charge >= 0.3 is 0 Å². The van der Waals surface area contributed by atoms with Gasteiger partial charge in [-0.1, -0.05) is 41.9 Å². The van der Waals surface area contributed by atoms with Crippen molar-refractivity contribution < 1.29 is 4.79 Å². The van der Waals surface area contributed by atoms with Crippen LogP contribution in [0.25, 0.3) is 0 Å². The quantitative estimate of drug-likeness (QED) is 0.633. The Morgan fingerprint density at radius 3 is 2.46 bits per heavy atom. The highest BCUT2D eigenvalue weighted by molar-refractivity contribution is 6.30. The minimum atomic E-state index is -0.439. The van der Waals surface area contributed by atoms with E-state index in [-0.39, 0.29) is 5.57 Å². The van der Waals surface area contributed by atoms with Gasteiger partial charge in [-0.25, -0.2) is 0 Å². The van der Waals surface area contributed by atoms with Crippen molar-refractivity contribution in [2.45, 2.75) is 13.5 Å². The first-order valence-corrected chi connectivity index (χ1v) is 7.97. The molecule has 1 amide bonds. The summed E-state index contributed by atoms with van der Waals surface area (Å²) < 4.78 is 0. The second-order valence-corrected chi connectivity index (χ2v) is 5.60. The summed E-state index contributed by atoms with van der Waals surface area (Å²) in [5.41, 5.74) is 1.77. The Balaban J connectivity index is 2.09. The monoisotopic (exact) mass is 339 g/mol. The highest BCUT2D eigenvalue weighted by atomic mass is 35.5. The molecule has 0 aromatic heterocycles. The summed E-state index contributed by atoms with van der Waals surface area (Å²) in [6, 6.07) is 18.6. The van der Waals surface area contributed by atoms with Gasteiger partial charge in [0.1, 0.15) is 11.6 Å². The largest absolute Gasteiger partial charge is 0.372 e. The lowest BCUT2D eigenvalue weighted by Gasteiger charge is -2.19. The lowest BCUT2D eigenvalue weighted by molar-refractivity contribution is -0.112. The summed E-state index contributed by atoms with van der Waals surface area (Å²) in [5, 5.41) is 12.6. The number of carbonyl (C=O) groups excluding carboxylic acids is 1. The second-order valence-electron chi connectivity index (χ2n) is 5.16. The van der Waals surface area contributed by atoms with Gasteiger partial charge < -0.3 is 10.2 Å². The van der Waals surface area contributed by atoms with Gasteiger partial charge in [-0.15, -0.1) is 0 Å². The topological polar surface area (TPSA) is 56.1 Å². The van der Waals surface area contributed by atoms with Crippen LogP contribution in [0.2, 0.25) is 5.02 Å². The predicted molar refractivity (Wildman–Crippen MR) is 96.3 cm³/mol. The van der Waals surface area contributed by atoms with Crippen LogP contribution in [-0.2, 0) is 11.3 Å². The number of anilines is 1. The minimum absolute atomic E-state index is 0.0581. The molecule has 0 atom stereocenters. The van der Waals surface area contributed by atoms with Crippen LogP contribution in [0.3, 0.4) is 0 Å². The molecule has 0 aliphatic heterocycles. The Labute approximate surface area is 147 Å². The van der Waals surface area contributed by atoms with E-state index in [0.717, 1.165) is 5.56 Å². The molecule has 0 radical (unpaired) electrons. The highest BCUT2D eigenvalue weighted by Gasteiger charge is 2.11. The number of amides is 1. The number of halogens is 1. The molecule has 0 unspecified atom stereocenters. The summed E-state index contributed by atoms with van der Waals surface area (Å²) >= 11 is 5.82. The zero-order valence-electron chi connectivity index (χ0n) is 13.4. The number of hydrogen-bond acceptors (Lipinski definition) is 3. The molecule has 2 aromatic carbocycles. The molecule has 1 N–H and O–H groups in total. The van der Waals surface area contributed by atoms with Crippen LogP contribution in [0, 0.1) is 11.3 Å². The molecule has 0 saturated carbocycles. The maximum Gasteiger partial charge on any atom is 0.267 e. The summed E-state index contributed by atoms with van der Waals surface area (Å²) in [6.07, 6.45) is 1.60. The van der Waals surface area contributed by atoms with E-state index in [1.165, 1.54) is 0 Å². The lowest BCUT2D eigenvalue weighted by Crippen LogP contribution is -2.21. The molecule has 24 heavy (non-hydrogen) atoms. The van der Waals surface area contributed by atoms with Crippen molar-refractivity contribution >= 4 is 23.2 Å². The van der Waals surface area contributed by atoms with E-state index < -0.39 is 5.91 Å². The van der Waals surface area contributed by atoms with Crippen molar-refractivity contribution in [2.24, 2.45) is 0 Å². The molecule has 0 aliphatic carbocycles. The van der Waals surface area contributed by atoms with Crippen molar-refractivity contribution in [1.82, 2.24) is 4.90 Å². The van der Waals surface area contributed by atoms with Gasteiger partial charge in [0.25, 0.3) is 5.91 Å². The van der Waals surface area contributed by atoms with Crippen molar-refractivity contribution in [3.8, 4) is 6.07 Å². The maximum absolute atomic E-state index is 12.3. The zero-order chi connectivity index (χ0) is 17.4. The van der Waals surface area contributed by atoms with E-state index in [2.05, 4.69) is 5.32 Å². The van der Waals surface area contributed by atoms with E-state index in [0.29, 0.717) is 23.8 Å². The molecule has 0 aliphatic rings. The maximum atomic E-state index is 12.3. The fourth-order valence-electron chi connectivity index (χ4n) is 2.12. The molecule has 4 nitrogen and oxygen atoms in total. The Kier molecular flexibility index (Phi) is 6.41. The number of nitrogens with one attached hydrogen (secondary N) is 1. The van der Waals surface area contributed by atoms with Crippen LogP contribution in [0.4, 0.5) is 5.69 Å². The molecule has 0 spiro atoms. The van der Waals surface area contributed by atoms with E-state index in [4.69, 9.17) is 11.6 Å². The first kappa shape index (κ1) is 17.6. The van der Waals surface area contributed by atoms with Crippen molar-refractivity contribution in [3.05, 3.63) is 77.0 Å². The van der Waals surface area contributed by atoms with Crippen molar-refractivity contribution in [1.29, 1.82) is 5.26 Å². The summed E-state index contributed by atoms with van der Waals surface area (Å²) in [6.45, 7) is 3.30. The van der Waals surface area contributed by atoms with Gasteiger partial charge in [-0.3, -0.25) is 4.79 Å². The molecule has 0 saturated heterocycles. The van der Waals surface area contributed by atoms with E-state index in [1.54, 1.807) is 30.5 Å². The van der Waals surface area contributed by atoms with E-state index >= 15 is 0 Å². The zero-order valence-corrected chi connectivity index (χ0v) is 14.1. The Morgan fingerprint density at radius 2 is 1.88 bits per heavy atom. The fourth-order valence-corrected chi connectivity index (χ4v) is 2.25. The molecular formula is C19H18ClN3O. The number of benzene rings is 2. The van der Waals surface area contributed by atoms with Gasteiger partial charge in [-0.05, 0) is 36.8 Å². The number of carbonyl (C=O) groups is 1. The van der Waals surface area contributed by atoms with Gasteiger partial charge in [0.2, 0.25) is 0 Å². The normalized spacial score (nSPS) is 10.8. The minimum Gasteiger partial charge on any atom is -0.372 e. The van der Waals surface area contributed by atoms with Crippen LogP contribution in [0.5, 0.6) is 0 Å². The number of nitrogens with zero attached hydrogens (tertiary/aromatic N) is 2. The smallest absolute Gasteiger partial charge is 0.267 e. The summed E-state index contributed by atoms with van der Waals surface area (Å²) in [4.78, 5) is 14.2. The highest BCUT2D eigenvalue weighted by Crippen LogP contribution is 2.14. The van der Waals surface area contributed by atoms with Gasteiger partial charge in [-0.2, -0.15) is 5.26 Å². The van der Waals surface area contributed by atoms with Crippen molar-refractivity contribution in [3.63, 3.8) is 0 Å². The first-order valence-electron chi connectivity index (χ1n) is 7.59. The average Bonchev–Trinajstić information content (AvgIpc) is 2.61. The summed E-state index contributed by atoms with van der Waals surface area (Å²) in [5.74, 6) is -0.439. The molecule has 0 heterocycles. The molecule has 122 valence electrons. The Hall–Kier alpha value is -2.77. The van der Waals surface area contributed by atoms with Gasteiger partial charge in [0.05, 0.1) is 0 Å². The molecule has 2 aromatic rings. The van der Waals surface area contributed by atoms with Crippen LogP contribution in [0.1, 0.15) is 12.5 Å². The standard InChI is InChI=1S/C19H18ClN3O/c1-2-23(13-15-6-4-3-5-7-15)14-16(12-21)19(24)22-18-10-8-17(20)9-11-18/h3-11,14H,2,13H2,1H3,(H,22,24)/b16-14-. The molecule has 0 bridgehead atoms.